The zero-order chi connectivity index (χ0) is 10.7. The van der Waals surface area contributed by atoms with E-state index in [1.807, 2.05) is 0 Å². The van der Waals surface area contributed by atoms with Crippen molar-refractivity contribution in [3.63, 3.8) is 0 Å². The molecule has 1 aromatic carbocycles. The summed E-state index contributed by atoms with van der Waals surface area (Å²) in [7, 11) is 2.50. The molecule has 0 saturated carbocycles. The Morgan fingerprint density at radius 3 is 1.86 bits per heavy atom. The Morgan fingerprint density at radius 2 is 1.57 bits per heavy atom. The Bertz CT molecular complexity index is 301. The van der Waals surface area contributed by atoms with Crippen LogP contribution in [0.15, 0.2) is 12.1 Å². The Morgan fingerprint density at radius 1 is 1.14 bits per heavy atom. The van der Waals surface area contributed by atoms with Crippen molar-refractivity contribution in [2.75, 3.05) is 14.2 Å². The number of aromatic hydroxyl groups is 1. The second kappa shape index (κ2) is 4.13. The average molecular weight is 204 g/mol. The van der Waals surface area contributed by atoms with E-state index in [0.717, 1.165) is 12.1 Å². The number of phenolic OH excluding ortho intramolecular Hbond substituents is 1. The summed E-state index contributed by atoms with van der Waals surface area (Å²) < 4.78 is 34.5. The van der Waals surface area contributed by atoms with Gasteiger partial charge in [-0.3, -0.25) is 0 Å². The highest BCUT2D eigenvalue weighted by Gasteiger charge is 2.20. The summed E-state index contributed by atoms with van der Waals surface area (Å²) in [6, 6.07) is 2.23. The lowest BCUT2D eigenvalue weighted by Crippen LogP contribution is -1.97. The van der Waals surface area contributed by atoms with Gasteiger partial charge in [-0.25, -0.2) is 8.78 Å². The Labute approximate surface area is 79.9 Å². The van der Waals surface area contributed by atoms with Crippen LogP contribution in [0, 0.1) is 0 Å². The largest absolute Gasteiger partial charge is 0.508 e. The minimum absolute atomic E-state index is 0.0862. The summed E-state index contributed by atoms with van der Waals surface area (Å²) in [5.41, 5.74) is -0.354. The number of alkyl halides is 2. The fourth-order valence-electron chi connectivity index (χ4n) is 1.14. The molecule has 1 aromatic rings. The van der Waals surface area contributed by atoms with Crippen LogP contribution in [0.2, 0.25) is 0 Å². The van der Waals surface area contributed by atoms with E-state index >= 15 is 0 Å². The molecule has 0 aliphatic rings. The highest BCUT2D eigenvalue weighted by molar-refractivity contribution is 5.50. The molecule has 0 aliphatic carbocycles. The highest BCUT2D eigenvalue weighted by atomic mass is 19.3. The number of halogens is 2. The van der Waals surface area contributed by atoms with Crippen LogP contribution >= 0.6 is 0 Å². The van der Waals surface area contributed by atoms with Gasteiger partial charge >= 0.3 is 0 Å². The van der Waals surface area contributed by atoms with Crippen molar-refractivity contribution in [2.24, 2.45) is 0 Å². The summed E-state index contributed by atoms with van der Waals surface area (Å²) in [5, 5.41) is 9.16. The van der Waals surface area contributed by atoms with Gasteiger partial charge in [0.2, 0.25) is 0 Å². The first-order valence-electron chi connectivity index (χ1n) is 3.83. The van der Waals surface area contributed by atoms with Gasteiger partial charge in [-0.1, -0.05) is 0 Å². The molecule has 1 N–H and O–H groups in total. The van der Waals surface area contributed by atoms with Crippen molar-refractivity contribution in [1.82, 2.24) is 0 Å². The van der Waals surface area contributed by atoms with Crippen molar-refractivity contribution in [1.29, 1.82) is 0 Å². The maximum absolute atomic E-state index is 12.6. The van der Waals surface area contributed by atoms with E-state index in [1.165, 1.54) is 14.2 Å². The quantitative estimate of drug-likeness (QED) is 0.821. The SMILES string of the molecule is COc1cc(O)cc(OC)c1C(F)F. The monoisotopic (exact) mass is 204 g/mol. The summed E-state index contributed by atoms with van der Waals surface area (Å²) in [5.74, 6) is -0.350. The average Bonchev–Trinajstić information content (AvgIpc) is 2.15. The van der Waals surface area contributed by atoms with Crippen LogP contribution in [0.25, 0.3) is 0 Å². The molecule has 78 valence electrons. The third-order valence-corrected chi connectivity index (χ3v) is 1.75. The molecule has 0 radical (unpaired) electrons. The molecule has 5 heteroatoms. The number of ether oxygens (including phenoxy) is 2. The third kappa shape index (κ3) is 1.86. The second-order valence-corrected chi connectivity index (χ2v) is 2.56. The standard InChI is InChI=1S/C9H10F2O3/c1-13-6-3-5(12)4-7(14-2)8(6)9(10)11/h3-4,9,12H,1-2H3. The smallest absolute Gasteiger partial charge is 0.271 e. The minimum atomic E-state index is -2.71. The molecule has 0 bridgehead atoms. The lowest BCUT2D eigenvalue weighted by atomic mass is 10.1. The van der Waals surface area contributed by atoms with Crippen LogP contribution in [0.4, 0.5) is 8.78 Å². The second-order valence-electron chi connectivity index (χ2n) is 2.56. The fraction of sp³-hybridized carbons (Fsp3) is 0.333. The first-order valence-corrected chi connectivity index (χ1v) is 3.83. The predicted molar refractivity (Wildman–Crippen MR) is 46.2 cm³/mol. The molecule has 0 amide bonds. The summed E-state index contributed by atoms with van der Waals surface area (Å²) in [6.45, 7) is 0. The summed E-state index contributed by atoms with van der Waals surface area (Å²) >= 11 is 0. The molecule has 0 atom stereocenters. The van der Waals surface area contributed by atoms with Gasteiger partial charge in [-0.05, 0) is 0 Å². The zero-order valence-electron chi connectivity index (χ0n) is 7.75. The van der Waals surface area contributed by atoms with Crippen molar-refractivity contribution >= 4 is 0 Å². The molecule has 0 unspecified atom stereocenters. The van der Waals surface area contributed by atoms with Gasteiger partial charge in [-0.2, -0.15) is 0 Å². The van der Waals surface area contributed by atoms with E-state index in [0.29, 0.717) is 0 Å². The molecule has 0 fully saturated rings. The van der Waals surface area contributed by atoms with E-state index in [1.54, 1.807) is 0 Å². The maximum Gasteiger partial charge on any atom is 0.271 e. The third-order valence-electron chi connectivity index (χ3n) is 1.75. The van der Waals surface area contributed by atoms with E-state index in [9.17, 15) is 8.78 Å². The topological polar surface area (TPSA) is 38.7 Å². The number of rotatable bonds is 3. The van der Waals surface area contributed by atoms with Crippen molar-refractivity contribution in [3.8, 4) is 17.2 Å². The highest BCUT2D eigenvalue weighted by Crippen LogP contribution is 2.39. The first-order chi connectivity index (χ1) is 6.60. The molecular weight excluding hydrogens is 194 g/mol. The molecule has 0 aliphatic heterocycles. The molecule has 0 heterocycles. The molecule has 1 rings (SSSR count). The van der Waals surface area contributed by atoms with Crippen LogP contribution in [-0.2, 0) is 0 Å². The molecule has 0 aromatic heterocycles. The van der Waals surface area contributed by atoms with Crippen molar-refractivity contribution in [2.45, 2.75) is 6.43 Å². The van der Waals surface area contributed by atoms with Crippen LogP contribution in [-0.4, -0.2) is 19.3 Å². The van der Waals surface area contributed by atoms with Gasteiger partial charge in [0.15, 0.2) is 0 Å². The molecule has 14 heavy (non-hydrogen) atoms. The summed E-state index contributed by atoms with van der Waals surface area (Å²) in [6.07, 6.45) is -2.71. The number of hydrogen-bond acceptors (Lipinski definition) is 3. The number of phenols is 1. The van der Waals surface area contributed by atoms with Crippen LogP contribution < -0.4 is 9.47 Å². The Balaban J connectivity index is 3.33. The van der Waals surface area contributed by atoms with Crippen molar-refractivity contribution < 1.29 is 23.4 Å². The van der Waals surface area contributed by atoms with E-state index in [4.69, 9.17) is 14.6 Å². The minimum Gasteiger partial charge on any atom is -0.508 e. The van der Waals surface area contributed by atoms with E-state index in [2.05, 4.69) is 0 Å². The lowest BCUT2D eigenvalue weighted by Gasteiger charge is -2.12. The number of hydrogen-bond donors (Lipinski definition) is 1. The molecular formula is C9H10F2O3. The lowest BCUT2D eigenvalue weighted by molar-refractivity contribution is 0.142. The Hall–Kier alpha value is -1.52. The van der Waals surface area contributed by atoms with E-state index < -0.39 is 6.43 Å². The summed E-state index contributed by atoms with van der Waals surface area (Å²) in [4.78, 5) is 0. The van der Waals surface area contributed by atoms with Gasteiger partial charge in [0.25, 0.3) is 6.43 Å². The number of benzene rings is 1. The van der Waals surface area contributed by atoms with Crippen molar-refractivity contribution in [3.05, 3.63) is 17.7 Å². The van der Waals surface area contributed by atoms with Crippen LogP contribution in [0.5, 0.6) is 17.2 Å². The zero-order valence-corrected chi connectivity index (χ0v) is 7.75. The van der Waals surface area contributed by atoms with Gasteiger partial charge in [0.1, 0.15) is 22.8 Å². The van der Waals surface area contributed by atoms with Crippen LogP contribution in [0.3, 0.4) is 0 Å². The molecule has 0 spiro atoms. The predicted octanol–water partition coefficient (Wildman–Crippen LogP) is 2.35. The first kappa shape index (κ1) is 10.6. The number of methoxy groups -OCH3 is 2. The Kier molecular flexibility index (Phi) is 3.11. The van der Waals surface area contributed by atoms with Gasteiger partial charge < -0.3 is 14.6 Å². The van der Waals surface area contributed by atoms with Gasteiger partial charge in [-0.15, -0.1) is 0 Å². The van der Waals surface area contributed by atoms with Gasteiger partial charge in [0.05, 0.1) is 14.2 Å². The van der Waals surface area contributed by atoms with Crippen LogP contribution in [0.1, 0.15) is 12.0 Å². The van der Waals surface area contributed by atoms with E-state index in [-0.39, 0.29) is 22.8 Å². The molecule has 3 nitrogen and oxygen atoms in total. The van der Waals surface area contributed by atoms with Gasteiger partial charge in [0, 0.05) is 12.1 Å². The fourth-order valence-corrected chi connectivity index (χ4v) is 1.14. The normalized spacial score (nSPS) is 10.4. The maximum atomic E-state index is 12.6. The molecule has 0 saturated heterocycles.